The van der Waals surface area contributed by atoms with Gasteiger partial charge in [-0.15, -0.1) is 0 Å². The minimum atomic E-state index is -0.228. The molecule has 0 unspecified atom stereocenters. The molecule has 0 bridgehead atoms. The minimum absolute atomic E-state index is 0.0464. The topological polar surface area (TPSA) is 109 Å². The molecule has 31 heavy (non-hydrogen) atoms. The van der Waals surface area contributed by atoms with E-state index in [0.717, 1.165) is 6.42 Å². The molecule has 166 valence electrons. The molecule has 8 nitrogen and oxygen atoms in total. The third kappa shape index (κ3) is 8.47. The Hall–Kier alpha value is -3.39. The largest absolute Gasteiger partial charge is 0.385 e. The molecule has 2 aromatic carbocycles. The average Bonchev–Trinajstić information content (AvgIpc) is 2.76. The highest BCUT2D eigenvalue weighted by Gasteiger charge is 2.09. The molecule has 2 rings (SSSR count). The van der Waals surface area contributed by atoms with Crippen molar-refractivity contribution in [2.24, 2.45) is 5.92 Å². The van der Waals surface area contributed by atoms with Crippen LogP contribution in [0.2, 0.25) is 0 Å². The molecule has 4 N–H and O–H groups in total. The number of anilines is 3. The Morgan fingerprint density at radius 2 is 1.61 bits per heavy atom. The van der Waals surface area contributed by atoms with Crippen LogP contribution in [0, 0.1) is 5.92 Å². The summed E-state index contributed by atoms with van der Waals surface area (Å²) in [7, 11) is 1.62. The maximum atomic E-state index is 12.2. The minimum Gasteiger partial charge on any atom is -0.385 e. The van der Waals surface area contributed by atoms with Crippen LogP contribution >= 0.6 is 0 Å². The molecule has 0 radical (unpaired) electrons. The summed E-state index contributed by atoms with van der Waals surface area (Å²) in [5, 5.41) is 11.4. The van der Waals surface area contributed by atoms with E-state index in [4.69, 9.17) is 4.74 Å². The SMILES string of the molecule is COCCCNC(=O)c1cccc(NCC(=O)Nc2ccc(NC(=O)C(C)C)cc2)c1. The first-order valence-corrected chi connectivity index (χ1v) is 10.2. The van der Waals surface area contributed by atoms with Crippen molar-refractivity contribution >= 4 is 34.8 Å². The van der Waals surface area contributed by atoms with E-state index in [1.807, 2.05) is 13.8 Å². The maximum Gasteiger partial charge on any atom is 0.251 e. The number of rotatable bonds is 11. The van der Waals surface area contributed by atoms with Crippen LogP contribution in [0.5, 0.6) is 0 Å². The smallest absolute Gasteiger partial charge is 0.251 e. The average molecular weight is 427 g/mol. The summed E-state index contributed by atoms with van der Waals surface area (Å²) in [6.07, 6.45) is 0.741. The van der Waals surface area contributed by atoms with E-state index >= 15 is 0 Å². The van der Waals surface area contributed by atoms with E-state index in [-0.39, 0.29) is 30.2 Å². The Bertz CT molecular complexity index is 881. The Labute approximate surface area is 182 Å². The van der Waals surface area contributed by atoms with Gasteiger partial charge in [0, 0.05) is 48.8 Å². The lowest BCUT2D eigenvalue weighted by molar-refractivity contribution is -0.119. The molecule has 0 saturated carbocycles. The summed E-state index contributed by atoms with van der Waals surface area (Å²) in [5.41, 5.74) is 2.49. The van der Waals surface area contributed by atoms with Crippen LogP contribution in [0.1, 0.15) is 30.6 Å². The van der Waals surface area contributed by atoms with E-state index in [0.29, 0.717) is 35.8 Å². The van der Waals surface area contributed by atoms with Crippen LogP contribution in [-0.2, 0) is 14.3 Å². The fourth-order valence-corrected chi connectivity index (χ4v) is 2.60. The molecule has 0 atom stereocenters. The van der Waals surface area contributed by atoms with E-state index in [1.54, 1.807) is 55.6 Å². The zero-order valence-corrected chi connectivity index (χ0v) is 18.2. The fourth-order valence-electron chi connectivity index (χ4n) is 2.60. The van der Waals surface area contributed by atoms with Gasteiger partial charge in [-0.05, 0) is 48.9 Å². The van der Waals surface area contributed by atoms with Crippen molar-refractivity contribution in [3.8, 4) is 0 Å². The Balaban J connectivity index is 1.82. The second kappa shape index (κ2) is 12.3. The normalized spacial score (nSPS) is 10.5. The van der Waals surface area contributed by atoms with Crippen LogP contribution in [0.25, 0.3) is 0 Å². The van der Waals surface area contributed by atoms with Crippen LogP contribution in [0.3, 0.4) is 0 Å². The van der Waals surface area contributed by atoms with Crippen molar-refractivity contribution < 1.29 is 19.1 Å². The predicted octanol–water partition coefficient (Wildman–Crippen LogP) is 3.10. The molecule has 0 heterocycles. The van der Waals surface area contributed by atoms with Crippen molar-refractivity contribution in [1.82, 2.24) is 5.32 Å². The number of hydrogen-bond donors (Lipinski definition) is 4. The maximum absolute atomic E-state index is 12.2. The molecule has 8 heteroatoms. The van der Waals surface area contributed by atoms with E-state index in [1.165, 1.54) is 0 Å². The number of benzene rings is 2. The van der Waals surface area contributed by atoms with Crippen LogP contribution in [0.15, 0.2) is 48.5 Å². The molecule has 0 aliphatic rings. The van der Waals surface area contributed by atoms with Gasteiger partial charge in [0.2, 0.25) is 11.8 Å². The summed E-state index contributed by atoms with van der Waals surface area (Å²) in [4.78, 5) is 36.1. The molecule has 0 spiro atoms. The predicted molar refractivity (Wildman–Crippen MR) is 122 cm³/mol. The Morgan fingerprint density at radius 3 is 2.26 bits per heavy atom. The Morgan fingerprint density at radius 1 is 0.935 bits per heavy atom. The van der Waals surface area contributed by atoms with Crippen molar-refractivity contribution in [3.05, 3.63) is 54.1 Å². The summed E-state index contributed by atoms with van der Waals surface area (Å²) in [5.74, 6) is -0.570. The standard InChI is InChI=1S/C23H30N4O4/c1-16(2)22(29)27-19-10-8-18(9-11-19)26-21(28)15-25-20-7-4-6-17(14-20)23(30)24-12-5-13-31-3/h4,6-11,14,16,25H,5,12-13,15H2,1-3H3,(H,24,30)(H,26,28)(H,27,29). The van der Waals surface area contributed by atoms with Gasteiger partial charge >= 0.3 is 0 Å². The number of carbonyl (C=O) groups is 3. The van der Waals surface area contributed by atoms with Gasteiger partial charge < -0.3 is 26.0 Å². The highest BCUT2D eigenvalue weighted by Crippen LogP contribution is 2.15. The lowest BCUT2D eigenvalue weighted by Crippen LogP contribution is -2.25. The lowest BCUT2D eigenvalue weighted by Gasteiger charge is -2.11. The quantitative estimate of drug-likeness (QED) is 0.413. The van der Waals surface area contributed by atoms with E-state index in [2.05, 4.69) is 21.3 Å². The Kier molecular flexibility index (Phi) is 9.51. The summed E-state index contributed by atoms with van der Waals surface area (Å²) < 4.78 is 4.96. The van der Waals surface area contributed by atoms with Crippen molar-refractivity contribution in [1.29, 1.82) is 0 Å². The monoisotopic (exact) mass is 426 g/mol. The van der Waals surface area contributed by atoms with Crippen LogP contribution in [-0.4, -0.2) is 44.5 Å². The van der Waals surface area contributed by atoms with Crippen molar-refractivity contribution in [2.75, 3.05) is 42.8 Å². The molecular weight excluding hydrogens is 396 g/mol. The van der Waals surface area contributed by atoms with Gasteiger partial charge in [-0.3, -0.25) is 14.4 Å². The molecule has 3 amide bonds. The second-order valence-corrected chi connectivity index (χ2v) is 7.31. The highest BCUT2D eigenvalue weighted by molar-refractivity contribution is 5.96. The van der Waals surface area contributed by atoms with Crippen molar-refractivity contribution in [2.45, 2.75) is 20.3 Å². The van der Waals surface area contributed by atoms with Gasteiger partial charge in [0.15, 0.2) is 0 Å². The van der Waals surface area contributed by atoms with E-state index < -0.39 is 0 Å². The number of nitrogens with one attached hydrogen (secondary N) is 4. The van der Waals surface area contributed by atoms with E-state index in [9.17, 15) is 14.4 Å². The molecular formula is C23H30N4O4. The number of amides is 3. The van der Waals surface area contributed by atoms with Gasteiger partial charge in [0.05, 0.1) is 6.54 Å². The zero-order valence-electron chi connectivity index (χ0n) is 18.2. The molecule has 0 aromatic heterocycles. The third-order valence-electron chi connectivity index (χ3n) is 4.35. The molecule has 0 saturated heterocycles. The van der Waals surface area contributed by atoms with Gasteiger partial charge in [0.1, 0.15) is 0 Å². The first-order chi connectivity index (χ1) is 14.9. The fraction of sp³-hybridized carbons (Fsp3) is 0.348. The first-order valence-electron chi connectivity index (χ1n) is 10.2. The third-order valence-corrected chi connectivity index (χ3v) is 4.35. The van der Waals surface area contributed by atoms with Crippen molar-refractivity contribution in [3.63, 3.8) is 0 Å². The van der Waals surface area contributed by atoms with Crippen LogP contribution in [0.4, 0.5) is 17.1 Å². The molecule has 0 aliphatic carbocycles. The molecule has 0 aliphatic heterocycles. The number of ether oxygens (including phenoxy) is 1. The zero-order chi connectivity index (χ0) is 22.6. The summed E-state index contributed by atoms with van der Waals surface area (Å²) in [6.45, 7) is 4.81. The lowest BCUT2D eigenvalue weighted by atomic mass is 10.2. The molecule has 0 fully saturated rings. The molecule has 2 aromatic rings. The van der Waals surface area contributed by atoms with Gasteiger partial charge in [-0.25, -0.2) is 0 Å². The highest BCUT2D eigenvalue weighted by atomic mass is 16.5. The first kappa shape index (κ1) is 23.9. The number of carbonyl (C=O) groups excluding carboxylic acids is 3. The summed E-state index contributed by atoms with van der Waals surface area (Å²) in [6, 6.07) is 13.9. The second-order valence-electron chi connectivity index (χ2n) is 7.31. The summed E-state index contributed by atoms with van der Waals surface area (Å²) >= 11 is 0. The van der Waals surface area contributed by atoms with Gasteiger partial charge in [0.25, 0.3) is 5.91 Å². The number of hydrogen-bond acceptors (Lipinski definition) is 5. The van der Waals surface area contributed by atoms with Gasteiger partial charge in [-0.1, -0.05) is 19.9 Å². The number of methoxy groups -OCH3 is 1. The van der Waals surface area contributed by atoms with Crippen LogP contribution < -0.4 is 21.3 Å². The van der Waals surface area contributed by atoms with Gasteiger partial charge in [-0.2, -0.15) is 0 Å².